The molecule has 0 aliphatic rings. The fraction of sp³-hybridized carbons (Fsp3) is 0.0952. The number of para-hydroxylation sites is 1. The Kier molecular flexibility index (Phi) is 5.43. The summed E-state index contributed by atoms with van der Waals surface area (Å²) in [6.45, 7) is -0.283. The Labute approximate surface area is 179 Å². The van der Waals surface area contributed by atoms with Gasteiger partial charge in [-0.05, 0) is 41.8 Å². The highest BCUT2D eigenvalue weighted by Gasteiger charge is 2.18. The van der Waals surface area contributed by atoms with Gasteiger partial charge in [0.2, 0.25) is 5.91 Å². The van der Waals surface area contributed by atoms with Crippen molar-refractivity contribution >= 4 is 44.7 Å². The molecule has 0 fully saturated rings. The third-order valence-corrected chi connectivity index (χ3v) is 5.63. The van der Waals surface area contributed by atoms with Gasteiger partial charge < -0.3 is 10.1 Å². The van der Waals surface area contributed by atoms with Gasteiger partial charge in [0, 0.05) is 5.02 Å². The number of carbonyl (C=O) groups is 1. The summed E-state index contributed by atoms with van der Waals surface area (Å²) >= 11 is 7.24. The summed E-state index contributed by atoms with van der Waals surface area (Å²) in [6, 6.07) is 15.1. The predicted molar refractivity (Wildman–Crippen MR) is 118 cm³/mol. The normalized spacial score (nSPS) is 10.9. The molecule has 2 aromatic heterocycles. The highest BCUT2D eigenvalue weighted by atomic mass is 35.5. The van der Waals surface area contributed by atoms with Gasteiger partial charge in [-0.2, -0.15) is 0 Å². The molecule has 0 unspecified atom stereocenters. The van der Waals surface area contributed by atoms with E-state index in [1.165, 1.54) is 23.0 Å². The van der Waals surface area contributed by atoms with Crippen molar-refractivity contribution in [2.75, 3.05) is 12.4 Å². The third-order valence-electron chi connectivity index (χ3n) is 4.51. The number of rotatable bonds is 5. The van der Waals surface area contributed by atoms with Crippen molar-refractivity contribution in [3.05, 3.63) is 85.8 Å². The molecule has 0 aliphatic carbocycles. The van der Waals surface area contributed by atoms with Crippen LogP contribution in [0.2, 0.25) is 5.02 Å². The fourth-order valence-electron chi connectivity index (χ4n) is 3.16. The van der Waals surface area contributed by atoms with E-state index in [0.29, 0.717) is 32.4 Å². The fourth-order valence-corrected chi connectivity index (χ4v) is 4.15. The highest BCUT2D eigenvalue weighted by molar-refractivity contribution is 7.17. The number of nitrogens with one attached hydrogen (secondary N) is 1. The molecule has 1 amide bonds. The number of halogens is 1. The van der Waals surface area contributed by atoms with Crippen molar-refractivity contribution in [3.8, 4) is 11.4 Å². The van der Waals surface area contributed by atoms with E-state index in [-0.39, 0.29) is 6.54 Å². The van der Waals surface area contributed by atoms with Crippen LogP contribution in [0.15, 0.2) is 69.6 Å². The van der Waals surface area contributed by atoms with Crippen LogP contribution in [0.5, 0.6) is 5.75 Å². The first-order chi connectivity index (χ1) is 14.5. The minimum Gasteiger partial charge on any atom is -0.495 e. The number of nitrogens with zero attached hydrogens (tertiary/aromatic N) is 2. The standard InChI is InChI=1S/C21H16ClN3O4S/c1-29-17-8-7-13(22)11-15(17)23-18(26)12-24-16-9-10-30-19(16)20(27)25(21(24)28)14-5-3-2-4-6-14/h2-11H,12H2,1H3,(H,23,26). The molecule has 7 nitrogen and oxygen atoms in total. The van der Waals surface area contributed by atoms with Crippen LogP contribution < -0.4 is 21.3 Å². The second kappa shape index (κ2) is 8.17. The summed E-state index contributed by atoms with van der Waals surface area (Å²) in [5.41, 5.74) is 0.236. The van der Waals surface area contributed by atoms with Crippen LogP contribution in [0.3, 0.4) is 0 Å². The second-order valence-corrected chi connectivity index (χ2v) is 7.73. The lowest BCUT2D eigenvalue weighted by Crippen LogP contribution is -2.40. The average Bonchev–Trinajstić information content (AvgIpc) is 3.22. The number of methoxy groups -OCH3 is 1. The van der Waals surface area contributed by atoms with Crippen LogP contribution in [0.4, 0.5) is 5.69 Å². The van der Waals surface area contributed by atoms with Crippen molar-refractivity contribution in [2.45, 2.75) is 6.54 Å². The summed E-state index contributed by atoms with van der Waals surface area (Å²) in [5.74, 6) is -0.0153. The van der Waals surface area contributed by atoms with Crippen molar-refractivity contribution in [1.82, 2.24) is 9.13 Å². The molecule has 9 heteroatoms. The van der Waals surface area contributed by atoms with Gasteiger partial charge in [-0.25, -0.2) is 9.36 Å². The lowest BCUT2D eigenvalue weighted by molar-refractivity contribution is -0.116. The van der Waals surface area contributed by atoms with Crippen molar-refractivity contribution in [2.24, 2.45) is 0 Å². The van der Waals surface area contributed by atoms with Gasteiger partial charge in [0.1, 0.15) is 17.0 Å². The number of carbonyl (C=O) groups excluding carboxylic acids is 1. The van der Waals surface area contributed by atoms with Gasteiger partial charge in [-0.15, -0.1) is 11.3 Å². The van der Waals surface area contributed by atoms with E-state index in [1.54, 1.807) is 60.0 Å². The number of aromatic nitrogens is 2. The molecule has 0 saturated heterocycles. The molecule has 2 heterocycles. The first-order valence-corrected chi connectivity index (χ1v) is 10.2. The third kappa shape index (κ3) is 3.62. The maximum atomic E-state index is 13.2. The summed E-state index contributed by atoms with van der Waals surface area (Å²) in [7, 11) is 1.48. The number of fused-ring (bicyclic) bond motifs is 1. The van der Waals surface area contributed by atoms with E-state index in [1.807, 2.05) is 0 Å². The van der Waals surface area contributed by atoms with E-state index in [2.05, 4.69) is 5.32 Å². The Morgan fingerprint density at radius 3 is 2.63 bits per heavy atom. The zero-order valence-corrected chi connectivity index (χ0v) is 17.4. The summed E-state index contributed by atoms with van der Waals surface area (Å²) < 4.78 is 7.99. The molecule has 4 aromatic rings. The Hall–Kier alpha value is -3.36. The molecule has 4 rings (SSSR count). The Balaban J connectivity index is 1.77. The maximum absolute atomic E-state index is 13.2. The van der Waals surface area contributed by atoms with Crippen LogP contribution >= 0.6 is 22.9 Å². The van der Waals surface area contributed by atoms with Gasteiger partial charge in [0.15, 0.2) is 0 Å². The topological polar surface area (TPSA) is 82.3 Å². The average molecular weight is 442 g/mol. The van der Waals surface area contributed by atoms with E-state index in [9.17, 15) is 14.4 Å². The molecule has 0 bridgehead atoms. The molecule has 1 N–H and O–H groups in total. The monoisotopic (exact) mass is 441 g/mol. The van der Waals surface area contributed by atoms with E-state index in [4.69, 9.17) is 16.3 Å². The second-order valence-electron chi connectivity index (χ2n) is 6.37. The number of ether oxygens (including phenoxy) is 1. The predicted octanol–water partition coefficient (Wildman–Crippen LogP) is 3.51. The Morgan fingerprint density at radius 1 is 1.13 bits per heavy atom. The molecular formula is C21H16ClN3O4S. The lowest BCUT2D eigenvalue weighted by Gasteiger charge is -2.14. The summed E-state index contributed by atoms with van der Waals surface area (Å²) in [6.07, 6.45) is 0. The maximum Gasteiger partial charge on any atom is 0.336 e. The summed E-state index contributed by atoms with van der Waals surface area (Å²) in [4.78, 5) is 38.8. The zero-order chi connectivity index (χ0) is 21.3. The van der Waals surface area contributed by atoms with Crippen molar-refractivity contribution < 1.29 is 9.53 Å². The van der Waals surface area contributed by atoms with E-state index < -0.39 is 17.2 Å². The number of benzene rings is 2. The SMILES string of the molecule is COc1ccc(Cl)cc1NC(=O)Cn1c(=O)n(-c2ccccc2)c(=O)c2sccc21. The molecule has 0 radical (unpaired) electrons. The smallest absolute Gasteiger partial charge is 0.336 e. The molecule has 0 aliphatic heterocycles. The number of thiophene rings is 1. The minimum atomic E-state index is -0.592. The van der Waals surface area contributed by atoms with Crippen molar-refractivity contribution in [3.63, 3.8) is 0 Å². The first kappa shape index (κ1) is 19.9. The van der Waals surface area contributed by atoms with Gasteiger partial charge in [0.25, 0.3) is 5.56 Å². The van der Waals surface area contributed by atoms with Gasteiger partial charge in [-0.1, -0.05) is 29.8 Å². The van der Waals surface area contributed by atoms with Crippen LogP contribution in [-0.2, 0) is 11.3 Å². The van der Waals surface area contributed by atoms with Gasteiger partial charge in [-0.3, -0.25) is 14.2 Å². The molecule has 0 spiro atoms. The Bertz CT molecular complexity index is 1360. The number of hydrogen-bond acceptors (Lipinski definition) is 5. The van der Waals surface area contributed by atoms with Crippen LogP contribution in [0.1, 0.15) is 0 Å². The lowest BCUT2D eigenvalue weighted by atomic mass is 10.3. The van der Waals surface area contributed by atoms with E-state index in [0.717, 1.165) is 4.57 Å². The first-order valence-electron chi connectivity index (χ1n) is 8.91. The molecule has 0 saturated carbocycles. The molecular weight excluding hydrogens is 426 g/mol. The number of amides is 1. The largest absolute Gasteiger partial charge is 0.495 e. The number of hydrogen-bond donors (Lipinski definition) is 1. The molecule has 30 heavy (non-hydrogen) atoms. The zero-order valence-electron chi connectivity index (χ0n) is 15.8. The number of anilines is 1. The molecule has 152 valence electrons. The minimum absolute atomic E-state index is 0.283. The van der Waals surface area contributed by atoms with Crippen molar-refractivity contribution in [1.29, 1.82) is 0 Å². The van der Waals surface area contributed by atoms with E-state index >= 15 is 0 Å². The highest BCUT2D eigenvalue weighted by Crippen LogP contribution is 2.27. The Morgan fingerprint density at radius 2 is 1.90 bits per heavy atom. The van der Waals surface area contributed by atoms with Crippen LogP contribution in [-0.4, -0.2) is 22.2 Å². The van der Waals surface area contributed by atoms with Crippen LogP contribution in [0.25, 0.3) is 15.9 Å². The van der Waals surface area contributed by atoms with Gasteiger partial charge >= 0.3 is 5.69 Å². The molecule has 0 atom stereocenters. The van der Waals surface area contributed by atoms with Gasteiger partial charge in [0.05, 0.1) is 24.0 Å². The summed E-state index contributed by atoms with van der Waals surface area (Å²) in [5, 5.41) is 4.87. The quantitative estimate of drug-likeness (QED) is 0.513. The molecule has 2 aromatic carbocycles. The van der Waals surface area contributed by atoms with Crippen LogP contribution in [0, 0.1) is 0 Å².